The Labute approximate surface area is 108 Å². The molecule has 1 atom stereocenters. The first-order valence-corrected chi connectivity index (χ1v) is 7.19. The fourth-order valence-corrected chi connectivity index (χ4v) is 3.34. The van der Waals surface area contributed by atoms with Gasteiger partial charge in [-0.3, -0.25) is 5.41 Å². The molecule has 0 amide bonds. The van der Waals surface area contributed by atoms with Crippen LogP contribution in [0.3, 0.4) is 0 Å². The van der Waals surface area contributed by atoms with Crippen LogP contribution >= 0.6 is 11.8 Å². The summed E-state index contributed by atoms with van der Waals surface area (Å²) in [6.45, 7) is 6.64. The SMILES string of the molecule is CC(C)c1ccccc1N1C(=N)SCCC1C. The van der Waals surface area contributed by atoms with Crippen LogP contribution in [-0.2, 0) is 0 Å². The lowest BCUT2D eigenvalue weighted by atomic mass is 9.99. The molecule has 1 aliphatic rings. The highest BCUT2D eigenvalue weighted by Crippen LogP contribution is 2.33. The zero-order valence-corrected chi connectivity index (χ0v) is 11.6. The standard InChI is InChI=1S/C14H20N2S/c1-10(2)12-6-4-5-7-13(12)16-11(3)8-9-17-14(16)15/h4-7,10-11,15H,8-9H2,1-3H3. The Kier molecular flexibility index (Phi) is 3.77. The van der Waals surface area contributed by atoms with Crippen molar-refractivity contribution in [2.24, 2.45) is 0 Å². The minimum Gasteiger partial charge on any atom is -0.318 e. The summed E-state index contributed by atoms with van der Waals surface area (Å²) in [5, 5.41) is 8.83. The molecule has 1 aromatic rings. The topological polar surface area (TPSA) is 27.1 Å². The van der Waals surface area contributed by atoms with Crippen LogP contribution in [-0.4, -0.2) is 17.0 Å². The zero-order valence-electron chi connectivity index (χ0n) is 10.7. The van der Waals surface area contributed by atoms with Gasteiger partial charge in [0.2, 0.25) is 0 Å². The molecule has 1 aliphatic heterocycles. The van der Waals surface area contributed by atoms with Crippen LogP contribution in [0.25, 0.3) is 0 Å². The quantitative estimate of drug-likeness (QED) is 0.854. The molecule has 2 nitrogen and oxygen atoms in total. The number of benzene rings is 1. The maximum absolute atomic E-state index is 8.14. The second kappa shape index (κ2) is 5.13. The molecular weight excluding hydrogens is 228 g/mol. The van der Waals surface area contributed by atoms with Crippen LogP contribution in [0.2, 0.25) is 0 Å². The monoisotopic (exact) mass is 248 g/mol. The van der Waals surface area contributed by atoms with Crippen LogP contribution in [0, 0.1) is 5.41 Å². The van der Waals surface area contributed by atoms with Gasteiger partial charge in [-0.1, -0.05) is 43.8 Å². The van der Waals surface area contributed by atoms with Crippen molar-refractivity contribution in [1.82, 2.24) is 0 Å². The number of anilines is 1. The lowest BCUT2D eigenvalue weighted by Gasteiger charge is -2.36. The van der Waals surface area contributed by atoms with E-state index in [1.54, 1.807) is 11.8 Å². The van der Waals surface area contributed by atoms with E-state index >= 15 is 0 Å². The first-order valence-electron chi connectivity index (χ1n) is 6.20. The highest BCUT2D eigenvalue weighted by Gasteiger charge is 2.26. The first-order chi connectivity index (χ1) is 8.11. The highest BCUT2D eigenvalue weighted by molar-refractivity contribution is 8.14. The fraction of sp³-hybridized carbons (Fsp3) is 0.500. The smallest absolute Gasteiger partial charge is 0.161 e. The summed E-state index contributed by atoms with van der Waals surface area (Å²) < 4.78 is 0. The number of rotatable bonds is 2. The molecule has 2 rings (SSSR count). The Bertz CT molecular complexity index is 414. The van der Waals surface area contributed by atoms with Gasteiger partial charge in [0.1, 0.15) is 0 Å². The Morgan fingerprint density at radius 2 is 2.06 bits per heavy atom. The van der Waals surface area contributed by atoms with Crippen molar-refractivity contribution in [1.29, 1.82) is 5.41 Å². The van der Waals surface area contributed by atoms with E-state index in [0.29, 0.717) is 17.1 Å². The average molecular weight is 248 g/mol. The number of hydrogen-bond donors (Lipinski definition) is 1. The zero-order chi connectivity index (χ0) is 12.4. The minimum absolute atomic E-state index is 0.434. The minimum atomic E-state index is 0.434. The number of hydrogen-bond acceptors (Lipinski definition) is 2. The summed E-state index contributed by atoms with van der Waals surface area (Å²) in [5.74, 6) is 1.57. The van der Waals surface area contributed by atoms with Crippen molar-refractivity contribution < 1.29 is 0 Å². The van der Waals surface area contributed by atoms with Crippen LogP contribution in [0.1, 0.15) is 38.7 Å². The third kappa shape index (κ3) is 2.49. The molecule has 17 heavy (non-hydrogen) atoms. The molecular formula is C14H20N2S. The first kappa shape index (κ1) is 12.5. The fourth-order valence-electron chi connectivity index (χ4n) is 2.27. The van der Waals surface area contributed by atoms with E-state index in [9.17, 15) is 0 Å². The van der Waals surface area contributed by atoms with Crippen molar-refractivity contribution in [3.8, 4) is 0 Å². The molecule has 3 heteroatoms. The Balaban J connectivity index is 2.41. The molecule has 0 aromatic heterocycles. The second-order valence-corrected chi connectivity index (χ2v) is 5.96. The van der Waals surface area contributed by atoms with Crippen molar-refractivity contribution in [2.45, 2.75) is 39.2 Å². The van der Waals surface area contributed by atoms with Crippen LogP contribution in [0.4, 0.5) is 5.69 Å². The summed E-state index contributed by atoms with van der Waals surface area (Å²) in [6.07, 6.45) is 1.15. The largest absolute Gasteiger partial charge is 0.318 e. The number of nitrogens with zero attached hydrogens (tertiary/aromatic N) is 1. The molecule has 0 radical (unpaired) electrons. The average Bonchev–Trinajstić information content (AvgIpc) is 2.29. The van der Waals surface area contributed by atoms with E-state index in [1.807, 2.05) is 0 Å². The normalized spacial score (nSPS) is 21.1. The van der Waals surface area contributed by atoms with Gasteiger partial charge >= 0.3 is 0 Å². The van der Waals surface area contributed by atoms with E-state index in [4.69, 9.17) is 5.41 Å². The molecule has 92 valence electrons. The molecule has 1 heterocycles. The molecule has 1 unspecified atom stereocenters. The van der Waals surface area contributed by atoms with E-state index in [-0.39, 0.29) is 0 Å². The van der Waals surface area contributed by atoms with Gasteiger partial charge in [-0.05, 0) is 30.9 Å². The van der Waals surface area contributed by atoms with Crippen molar-refractivity contribution in [2.75, 3.05) is 10.7 Å². The van der Waals surface area contributed by atoms with Gasteiger partial charge in [0.15, 0.2) is 5.17 Å². The number of amidine groups is 1. The van der Waals surface area contributed by atoms with Gasteiger partial charge in [-0.15, -0.1) is 0 Å². The van der Waals surface area contributed by atoms with E-state index < -0.39 is 0 Å². The van der Waals surface area contributed by atoms with Crippen LogP contribution in [0.5, 0.6) is 0 Å². The van der Waals surface area contributed by atoms with E-state index in [0.717, 1.165) is 12.2 Å². The number of para-hydroxylation sites is 1. The summed E-state index contributed by atoms with van der Waals surface area (Å²) >= 11 is 1.65. The van der Waals surface area contributed by atoms with Gasteiger partial charge in [0, 0.05) is 17.5 Å². The summed E-state index contributed by atoms with van der Waals surface area (Å²) in [4.78, 5) is 2.18. The Morgan fingerprint density at radius 1 is 1.35 bits per heavy atom. The van der Waals surface area contributed by atoms with Crippen molar-refractivity contribution in [3.05, 3.63) is 29.8 Å². The molecule has 1 fully saturated rings. The third-order valence-corrected chi connectivity index (χ3v) is 4.16. The molecule has 0 bridgehead atoms. The van der Waals surface area contributed by atoms with Crippen LogP contribution < -0.4 is 4.90 Å². The summed E-state index contributed by atoms with van der Waals surface area (Å²) in [5.41, 5.74) is 2.55. The molecule has 1 saturated heterocycles. The van der Waals surface area contributed by atoms with Crippen molar-refractivity contribution in [3.63, 3.8) is 0 Å². The van der Waals surface area contributed by atoms with Crippen LogP contribution in [0.15, 0.2) is 24.3 Å². The molecule has 0 saturated carbocycles. The lowest BCUT2D eigenvalue weighted by molar-refractivity contribution is 0.695. The predicted octanol–water partition coefficient (Wildman–Crippen LogP) is 4.08. The number of thioether (sulfide) groups is 1. The second-order valence-electron chi connectivity index (χ2n) is 4.87. The Morgan fingerprint density at radius 3 is 2.71 bits per heavy atom. The summed E-state index contributed by atoms with van der Waals surface area (Å²) in [6, 6.07) is 8.92. The molecule has 0 spiro atoms. The Hall–Kier alpha value is -0.960. The number of nitrogens with one attached hydrogen (secondary N) is 1. The van der Waals surface area contributed by atoms with Gasteiger partial charge in [-0.2, -0.15) is 0 Å². The van der Waals surface area contributed by atoms with Gasteiger partial charge in [0.25, 0.3) is 0 Å². The van der Waals surface area contributed by atoms with Gasteiger partial charge < -0.3 is 4.90 Å². The van der Waals surface area contributed by atoms with Gasteiger partial charge in [-0.25, -0.2) is 0 Å². The van der Waals surface area contributed by atoms with Crippen molar-refractivity contribution >= 4 is 22.6 Å². The highest BCUT2D eigenvalue weighted by atomic mass is 32.2. The van der Waals surface area contributed by atoms with E-state index in [1.165, 1.54) is 11.3 Å². The lowest BCUT2D eigenvalue weighted by Crippen LogP contribution is -2.41. The van der Waals surface area contributed by atoms with E-state index in [2.05, 4.69) is 49.9 Å². The maximum atomic E-state index is 8.14. The summed E-state index contributed by atoms with van der Waals surface area (Å²) in [7, 11) is 0. The van der Waals surface area contributed by atoms with Gasteiger partial charge in [0.05, 0.1) is 0 Å². The molecule has 0 aliphatic carbocycles. The maximum Gasteiger partial charge on any atom is 0.161 e. The molecule has 1 aromatic carbocycles. The predicted molar refractivity (Wildman–Crippen MR) is 77.3 cm³/mol. The molecule has 1 N–H and O–H groups in total. The third-order valence-electron chi connectivity index (χ3n) is 3.25.